The van der Waals surface area contributed by atoms with Crippen LogP contribution in [0.15, 0.2) is 65.3 Å². The van der Waals surface area contributed by atoms with Crippen LogP contribution in [0.3, 0.4) is 0 Å². The van der Waals surface area contributed by atoms with E-state index in [1.165, 1.54) is 23.1 Å². The summed E-state index contributed by atoms with van der Waals surface area (Å²) in [5.41, 5.74) is 2.36. The van der Waals surface area contributed by atoms with E-state index < -0.39 is 0 Å². The van der Waals surface area contributed by atoms with Crippen LogP contribution in [0.4, 0.5) is 5.13 Å². The van der Waals surface area contributed by atoms with E-state index in [4.69, 9.17) is 14.7 Å². The smallest absolute Gasteiger partial charge is 0.236 e. The molecule has 1 N–H and O–H groups in total. The largest absolute Gasteiger partial charge is 0.497 e. The third-order valence-corrected chi connectivity index (χ3v) is 6.13. The number of nitrogens with zero attached hydrogens (tertiary/aromatic N) is 5. The molecule has 0 spiro atoms. The lowest BCUT2D eigenvalue weighted by atomic mass is 10.2. The molecule has 3 aromatic heterocycles. The fourth-order valence-electron chi connectivity index (χ4n) is 3.06. The molecule has 10 heteroatoms. The van der Waals surface area contributed by atoms with Gasteiger partial charge in [-0.05, 0) is 36.4 Å². The predicted octanol–water partition coefficient (Wildman–Crippen LogP) is 4.14. The van der Waals surface area contributed by atoms with Crippen LogP contribution in [-0.4, -0.2) is 43.3 Å². The number of para-hydroxylation sites is 1. The van der Waals surface area contributed by atoms with Gasteiger partial charge < -0.3 is 10.1 Å². The maximum absolute atomic E-state index is 12.3. The molecule has 154 valence electrons. The van der Waals surface area contributed by atoms with Crippen molar-refractivity contribution in [1.82, 2.24) is 24.6 Å². The molecule has 1 amide bonds. The number of hydrogen-bond acceptors (Lipinski definition) is 8. The zero-order valence-electron chi connectivity index (χ0n) is 16.3. The van der Waals surface area contributed by atoms with E-state index in [9.17, 15) is 4.79 Å². The molecule has 3 heterocycles. The number of hydrogen-bond donors (Lipinski definition) is 1. The molecule has 0 bridgehead atoms. The summed E-state index contributed by atoms with van der Waals surface area (Å²) in [7, 11) is 1.63. The number of thiazole rings is 1. The molecule has 31 heavy (non-hydrogen) atoms. The lowest BCUT2D eigenvalue weighted by Crippen LogP contribution is -2.14. The van der Waals surface area contributed by atoms with Crippen LogP contribution in [0.1, 0.15) is 0 Å². The number of methoxy groups -OCH3 is 1. The Labute approximate surface area is 185 Å². The second-order valence-corrected chi connectivity index (χ2v) is 8.32. The highest BCUT2D eigenvalue weighted by Gasteiger charge is 2.16. The van der Waals surface area contributed by atoms with Crippen LogP contribution >= 0.6 is 23.1 Å². The SMILES string of the molecule is COc1ccc(-c2nc3c4ccccc4nc(SCC(=O)Nc4nccs4)n3n2)cc1. The van der Waals surface area contributed by atoms with Crippen LogP contribution in [0, 0.1) is 0 Å². The van der Waals surface area contributed by atoms with Crippen LogP contribution in [-0.2, 0) is 4.79 Å². The molecule has 0 aliphatic rings. The number of benzene rings is 2. The molecule has 0 radical (unpaired) electrons. The Morgan fingerprint density at radius 1 is 1.16 bits per heavy atom. The molecule has 2 aromatic carbocycles. The zero-order chi connectivity index (χ0) is 21.2. The zero-order valence-corrected chi connectivity index (χ0v) is 18.0. The van der Waals surface area contributed by atoms with Crippen LogP contribution in [0.5, 0.6) is 5.75 Å². The first-order valence-electron chi connectivity index (χ1n) is 9.33. The third kappa shape index (κ3) is 3.94. The Balaban J connectivity index is 1.51. The molecule has 0 aliphatic carbocycles. The standard InChI is InChI=1S/C21H16N6O2S2/c1-29-14-8-6-13(7-9-14)18-25-19-15-4-2-3-5-16(15)23-21(27(19)26-18)31-12-17(28)24-20-22-10-11-30-20/h2-11H,12H2,1H3,(H,22,24,28). The van der Waals surface area contributed by atoms with E-state index in [0.717, 1.165) is 22.2 Å². The lowest BCUT2D eigenvalue weighted by molar-refractivity contribution is -0.113. The maximum atomic E-state index is 12.3. The van der Waals surface area contributed by atoms with Gasteiger partial charge in [0, 0.05) is 22.5 Å². The number of amides is 1. The summed E-state index contributed by atoms with van der Waals surface area (Å²) in [5.74, 6) is 1.37. The number of anilines is 1. The number of thioether (sulfide) groups is 1. The van der Waals surface area contributed by atoms with Gasteiger partial charge in [-0.1, -0.05) is 23.9 Å². The molecule has 0 unspecified atom stereocenters. The number of nitrogens with one attached hydrogen (secondary N) is 1. The Morgan fingerprint density at radius 2 is 2.00 bits per heavy atom. The average Bonchev–Trinajstić information content (AvgIpc) is 3.48. The Bertz CT molecular complexity index is 1370. The highest BCUT2D eigenvalue weighted by molar-refractivity contribution is 7.99. The Hall–Kier alpha value is -3.50. The fourth-order valence-corrected chi connectivity index (χ4v) is 4.35. The average molecular weight is 449 g/mol. The van der Waals surface area contributed by atoms with Crippen molar-refractivity contribution in [3.05, 3.63) is 60.1 Å². The summed E-state index contributed by atoms with van der Waals surface area (Å²) in [6.07, 6.45) is 1.65. The topological polar surface area (TPSA) is 94.3 Å². The minimum atomic E-state index is -0.154. The quantitative estimate of drug-likeness (QED) is 0.308. The molecular formula is C21H16N6O2S2. The van der Waals surface area contributed by atoms with E-state index >= 15 is 0 Å². The monoisotopic (exact) mass is 448 g/mol. The van der Waals surface area contributed by atoms with E-state index in [-0.39, 0.29) is 11.7 Å². The van der Waals surface area contributed by atoms with Crippen molar-refractivity contribution in [3.63, 3.8) is 0 Å². The van der Waals surface area contributed by atoms with Gasteiger partial charge in [-0.3, -0.25) is 4.79 Å². The van der Waals surface area contributed by atoms with Crippen molar-refractivity contribution in [2.24, 2.45) is 0 Å². The molecule has 0 fully saturated rings. The molecule has 5 rings (SSSR count). The maximum Gasteiger partial charge on any atom is 0.236 e. The lowest BCUT2D eigenvalue weighted by Gasteiger charge is -2.06. The van der Waals surface area contributed by atoms with Gasteiger partial charge in [-0.25, -0.2) is 15.0 Å². The van der Waals surface area contributed by atoms with Gasteiger partial charge in [0.1, 0.15) is 5.75 Å². The molecule has 0 atom stereocenters. The van der Waals surface area contributed by atoms with Crippen LogP contribution in [0.2, 0.25) is 0 Å². The van der Waals surface area contributed by atoms with E-state index in [0.29, 0.717) is 21.8 Å². The highest BCUT2D eigenvalue weighted by atomic mass is 32.2. The van der Waals surface area contributed by atoms with Crippen molar-refractivity contribution < 1.29 is 9.53 Å². The van der Waals surface area contributed by atoms with E-state index in [1.54, 1.807) is 17.8 Å². The van der Waals surface area contributed by atoms with Gasteiger partial charge in [-0.15, -0.1) is 16.4 Å². The van der Waals surface area contributed by atoms with E-state index in [1.807, 2.05) is 53.9 Å². The van der Waals surface area contributed by atoms with Crippen molar-refractivity contribution in [2.45, 2.75) is 5.16 Å². The number of aromatic nitrogens is 5. The molecule has 0 aliphatic heterocycles. The fraction of sp³-hybridized carbons (Fsp3) is 0.0952. The predicted molar refractivity (Wildman–Crippen MR) is 122 cm³/mol. The van der Waals surface area contributed by atoms with E-state index in [2.05, 4.69) is 15.4 Å². The van der Waals surface area contributed by atoms with Gasteiger partial charge in [0.15, 0.2) is 21.8 Å². The minimum absolute atomic E-state index is 0.154. The molecule has 5 aromatic rings. The summed E-state index contributed by atoms with van der Waals surface area (Å²) in [4.78, 5) is 25.9. The Kier molecular flexibility index (Phi) is 5.23. The number of carbonyl (C=O) groups is 1. The first kappa shape index (κ1) is 19.5. The van der Waals surface area contributed by atoms with Gasteiger partial charge >= 0.3 is 0 Å². The van der Waals surface area contributed by atoms with Crippen molar-refractivity contribution in [3.8, 4) is 17.1 Å². The molecular weight excluding hydrogens is 432 g/mol. The molecule has 0 saturated heterocycles. The van der Waals surface area contributed by atoms with Gasteiger partial charge in [0.25, 0.3) is 0 Å². The molecule has 0 saturated carbocycles. The van der Waals surface area contributed by atoms with Crippen molar-refractivity contribution >= 4 is 50.7 Å². The summed E-state index contributed by atoms with van der Waals surface area (Å²) < 4.78 is 6.93. The minimum Gasteiger partial charge on any atom is -0.497 e. The summed E-state index contributed by atoms with van der Waals surface area (Å²) in [6.45, 7) is 0. The molecule has 8 nitrogen and oxygen atoms in total. The van der Waals surface area contributed by atoms with Gasteiger partial charge in [0.05, 0.1) is 18.4 Å². The van der Waals surface area contributed by atoms with Gasteiger partial charge in [0.2, 0.25) is 5.91 Å². The Morgan fingerprint density at radius 3 is 2.77 bits per heavy atom. The summed E-state index contributed by atoms with van der Waals surface area (Å²) in [5, 5.41) is 11.3. The first-order valence-corrected chi connectivity index (χ1v) is 11.2. The highest BCUT2D eigenvalue weighted by Crippen LogP contribution is 2.27. The number of carbonyl (C=O) groups excluding carboxylic acids is 1. The first-order chi connectivity index (χ1) is 15.2. The van der Waals surface area contributed by atoms with Crippen LogP contribution < -0.4 is 10.1 Å². The normalized spacial score (nSPS) is 11.1. The summed E-state index contributed by atoms with van der Waals surface area (Å²) in [6, 6.07) is 15.3. The number of ether oxygens (including phenoxy) is 1. The van der Waals surface area contributed by atoms with Crippen molar-refractivity contribution in [2.75, 3.05) is 18.2 Å². The summed E-state index contributed by atoms with van der Waals surface area (Å²) >= 11 is 2.68. The second-order valence-electron chi connectivity index (χ2n) is 6.48. The van der Waals surface area contributed by atoms with Gasteiger partial charge in [-0.2, -0.15) is 4.52 Å². The number of fused-ring (bicyclic) bond motifs is 3. The van der Waals surface area contributed by atoms with Crippen LogP contribution in [0.25, 0.3) is 27.9 Å². The number of rotatable bonds is 6. The van der Waals surface area contributed by atoms with Crippen molar-refractivity contribution in [1.29, 1.82) is 0 Å². The third-order valence-electron chi connectivity index (χ3n) is 4.51. The second kappa shape index (κ2) is 8.32.